The third kappa shape index (κ3) is 3.07. The van der Waals surface area contributed by atoms with Gasteiger partial charge in [-0.25, -0.2) is 4.98 Å². The van der Waals surface area contributed by atoms with Gasteiger partial charge in [0.1, 0.15) is 5.82 Å². The zero-order chi connectivity index (χ0) is 12.3. The third-order valence-corrected chi connectivity index (χ3v) is 3.75. The first kappa shape index (κ1) is 12.6. The van der Waals surface area contributed by atoms with Gasteiger partial charge in [0.05, 0.1) is 0 Å². The Morgan fingerprint density at radius 2 is 2.47 bits per heavy atom. The molecule has 2 rings (SSSR count). The summed E-state index contributed by atoms with van der Waals surface area (Å²) in [5.41, 5.74) is 6.89. The van der Waals surface area contributed by atoms with Crippen LogP contribution >= 0.6 is 0 Å². The first-order valence-corrected chi connectivity index (χ1v) is 6.64. The van der Waals surface area contributed by atoms with Gasteiger partial charge in [-0.2, -0.15) is 0 Å². The monoisotopic (exact) mass is 236 g/mol. The maximum Gasteiger partial charge on any atom is 0.109 e. The van der Waals surface area contributed by atoms with E-state index in [0.29, 0.717) is 11.8 Å². The number of likely N-dealkylation sites (N-methyl/N-ethyl adjacent to an activating group) is 1. The number of hydrogen-bond donors (Lipinski definition) is 2. The molecule has 96 valence electrons. The average Bonchev–Trinajstić information content (AvgIpc) is 2.78. The Labute approximate surface area is 104 Å². The fourth-order valence-electron chi connectivity index (χ4n) is 2.62. The minimum atomic E-state index is 0.440. The van der Waals surface area contributed by atoms with Crippen LogP contribution in [0.1, 0.15) is 49.5 Å². The van der Waals surface area contributed by atoms with Crippen LogP contribution in [-0.2, 0) is 0 Å². The van der Waals surface area contributed by atoms with Crippen molar-refractivity contribution in [3.05, 3.63) is 17.7 Å². The lowest BCUT2D eigenvalue weighted by atomic mass is 9.96. The predicted octanol–water partition coefficient (Wildman–Crippen LogP) is 1.67. The highest BCUT2D eigenvalue weighted by Gasteiger charge is 2.21. The zero-order valence-electron chi connectivity index (χ0n) is 10.9. The number of nitrogens with two attached hydrogens (primary N) is 1. The molecule has 0 saturated carbocycles. The quantitative estimate of drug-likeness (QED) is 0.836. The number of aromatic nitrogens is 2. The summed E-state index contributed by atoms with van der Waals surface area (Å²) in [6.45, 7) is 5.28. The van der Waals surface area contributed by atoms with Crippen molar-refractivity contribution >= 4 is 0 Å². The maximum absolute atomic E-state index is 5.59. The van der Waals surface area contributed by atoms with E-state index in [1.165, 1.54) is 25.1 Å². The molecule has 4 heteroatoms. The Kier molecular flexibility index (Phi) is 4.18. The van der Waals surface area contributed by atoms with Crippen LogP contribution in [0.4, 0.5) is 0 Å². The smallest absolute Gasteiger partial charge is 0.109 e. The molecule has 1 aromatic rings. The molecule has 0 amide bonds. The molecule has 0 radical (unpaired) electrons. The van der Waals surface area contributed by atoms with Gasteiger partial charge >= 0.3 is 0 Å². The molecule has 0 aliphatic carbocycles. The van der Waals surface area contributed by atoms with Crippen molar-refractivity contribution in [2.24, 2.45) is 5.73 Å². The second-order valence-corrected chi connectivity index (χ2v) is 5.30. The molecule has 1 saturated heterocycles. The highest BCUT2D eigenvalue weighted by molar-refractivity contribution is 5.11. The van der Waals surface area contributed by atoms with E-state index in [1.54, 1.807) is 0 Å². The largest absolute Gasteiger partial charge is 0.345 e. The zero-order valence-corrected chi connectivity index (χ0v) is 10.9. The van der Waals surface area contributed by atoms with Gasteiger partial charge in [-0.15, -0.1) is 0 Å². The lowest BCUT2D eigenvalue weighted by molar-refractivity contribution is 0.248. The summed E-state index contributed by atoms with van der Waals surface area (Å²) in [5.74, 6) is 2.16. The fraction of sp³-hybridized carbons (Fsp3) is 0.769. The van der Waals surface area contributed by atoms with E-state index in [0.717, 1.165) is 25.3 Å². The van der Waals surface area contributed by atoms with Gasteiger partial charge in [-0.1, -0.05) is 6.92 Å². The van der Waals surface area contributed by atoms with Crippen LogP contribution in [0.25, 0.3) is 0 Å². The molecule has 17 heavy (non-hydrogen) atoms. The van der Waals surface area contributed by atoms with Crippen LogP contribution in [0.15, 0.2) is 6.20 Å². The van der Waals surface area contributed by atoms with Crippen molar-refractivity contribution in [2.45, 2.75) is 38.0 Å². The standard InChI is InChI=1S/C13H24N4/c1-10(5-6-14)13-15-8-12(16-13)11-4-3-7-17(2)9-11/h8,10-11H,3-7,9,14H2,1-2H3,(H,15,16). The molecule has 0 aromatic carbocycles. The van der Waals surface area contributed by atoms with E-state index in [2.05, 4.69) is 28.8 Å². The number of imidazole rings is 1. The molecule has 2 atom stereocenters. The number of H-pyrrole nitrogens is 1. The normalized spacial score (nSPS) is 23.8. The maximum atomic E-state index is 5.59. The summed E-state index contributed by atoms with van der Waals surface area (Å²) >= 11 is 0. The van der Waals surface area contributed by atoms with Crippen LogP contribution in [0.3, 0.4) is 0 Å². The molecule has 1 aliphatic heterocycles. The molecule has 2 heterocycles. The van der Waals surface area contributed by atoms with Crippen molar-refractivity contribution in [1.29, 1.82) is 0 Å². The fourth-order valence-corrected chi connectivity index (χ4v) is 2.62. The molecule has 1 aliphatic rings. The Balaban J connectivity index is 2.02. The van der Waals surface area contributed by atoms with Gasteiger partial charge in [0.25, 0.3) is 0 Å². The van der Waals surface area contributed by atoms with Crippen LogP contribution in [-0.4, -0.2) is 41.5 Å². The van der Waals surface area contributed by atoms with Crippen molar-refractivity contribution in [3.8, 4) is 0 Å². The van der Waals surface area contributed by atoms with E-state index in [1.807, 2.05) is 6.20 Å². The molecular formula is C13H24N4. The number of hydrogen-bond acceptors (Lipinski definition) is 3. The highest BCUT2D eigenvalue weighted by Crippen LogP contribution is 2.26. The first-order valence-electron chi connectivity index (χ1n) is 6.64. The number of piperidine rings is 1. The lowest BCUT2D eigenvalue weighted by Gasteiger charge is -2.28. The Hall–Kier alpha value is -0.870. The van der Waals surface area contributed by atoms with Gasteiger partial charge in [-0.3, -0.25) is 0 Å². The van der Waals surface area contributed by atoms with E-state index in [-0.39, 0.29) is 0 Å². The molecule has 0 spiro atoms. The van der Waals surface area contributed by atoms with Gasteiger partial charge in [0.2, 0.25) is 0 Å². The third-order valence-electron chi connectivity index (χ3n) is 3.75. The van der Waals surface area contributed by atoms with E-state index >= 15 is 0 Å². The van der Waals surface area contributed by atoms with E-state index in [9.17, 15) is 0 Å². The topological polar surface area (TPSA) is 57.9 Å². The van der Waals surface area contributed by atoms with Crippen LogP contribution in [0.5, 0.6) is 0 Å². The van der Waals surface area contributed by atoms with Gasteiger partial charge in [0.15, 0.2) is 0 Å². The Morgan fingerprint density at radius 3 is 3.18 bits per heavy atom. The van der Waals surface area contributed by atoms with Crippen molar-refractivity contribution in [1.82, 2.24) is 14.9 Å². The van der Waals surface area contributed by atoms with Crippen LogP contribution in [0, 0.1) is 0 Å². The van der Waals surface area contributed by atoms with E-state index < -0.39 is 0 Å². The second-order valence-electron chi connectivity index (χ2n) is 5.30. The van der Waals surface area contributed by atoms with Crippen LogP contribution in [0.2, 0.25) is 0 Å². The first-order chi connectivity index (χ1) is 8.20. The molecule has 3 N–H and O–H groups in total. The van der Waals surface area contributed by atoms with Gasteiger partial charge in [0, 0.05) is 30.3 Å². The number of nitrogens with one attached hydrogen (secondary N) is 1. The van der Waals surface area contributed by atoms with Crippen LogP contribution < -0.4 is 5.73 Å². The molecule has 0 bridgehead atoms. The number of rotatable bonds is 4. The summed E-state index contributed by atoms with van der Waals surface area (Å²) in [6.07, 6.45) is 5.58. The van der Waals surface area contributed by atoms with Gasteiger partial charge in [-0.05, 0) is 39.4 Å². The SMILES string of the molecule is CC(CCN)c1ncc(C2CCCN(C)C2)[nH]1. The molecule has 4 nitrogen and oxygen atoms in total. The summed E-state index contributed by atoms with van der Waals surface area (Å²) < 4.78 is 0. The number of nitrogens with zero attached hydrogens (tertiary/aromatic N) is 2. The molecule has 2 unspecified atom stereocenters. The highest BCUT2D eigenvalue weighted by atomic mass is 15.1. The minimum absolute atomic E-state index is 0.440. The number of likely N-dealkylation sites (tertiary alicyclic amines) is 1. The summed E-state index contributed by atoms with van der Waals surface area (Å²) in [6, 6.07) is 0. The number of aromatic amines is 1. The molecule has 1 fully saturated rings. The predicted molar refractivity (Wildman–Crippen MR) is 70.1 cm³/mol. The van der Waals surface area contributed by atoms with Crippen molar-refractivity contribution in [2.75, 3.05) is 26.7 Å². The summed E-state index contributed by atoms with van der Waals surface area (Å²) in [5, 5.41) is 0. The lowest BCUT2D eigenvalue weighted by Crippen LogP contribution is -2.30. The Morgan fingerprint density at radius 1 is 1.65 bits per heavy atom. The average molecular weight is 236 g/mol. The Bertz CT molecular complexity index is 347. The van der Waals surface area contributed by atoms with Crippen molar-refractivity contribution < 1.29 is 0 Å². The summed E-state index contributed by atoms with van der Waals surface area (Å²) in [4.78, 5) is 10.4. The van der Waals surface area contributed by atoms with Crippen molar-refractivity contribution in [3.63, 3.8) is 0 Å². The minimum Gasteiger partial charge on any atom is -0.345 e. The van der Waals surface area contributed by atoms with E-state index in [4.69, 9.17) is 5.73 Å². The molecule has 1 aromatic heterocycles. The molecular weight excluding hydrogens is 212 g/mol. The second kappa shape index (κ2) is 5.65. The van der Waals surface area contributed by atoms with Gasteiger partial charge < -0.3 is 15.6 Å². The summed E-state index contributed by atoms with van der Waals surface area (Å²) in [7, 11) is 2.19.